The molecule has 10 heavy (non-hydrogen) atoms. The molecule has 0 amide bonds. The first-order valence-corrected chi connectivity index (χ1v) is 4.41. The zero-order chi connectivity index (χ0) is 7.82. The van der Waals surface area contributed by atoms with E-state index in [9.17, 15) is 4.79 Å². The van der Waals surface area contributed by atoms with Crippen molar-refractivity contribution in [1.29, 1.82) is 0 Å². The van der Waals surface area contributed by atoms with E-state index in [-0.39, 0.29) is 0 Å². The fourth-order valence-corrected chi connectivity index (χ4v) is 1.41. The van der Waals surface area contributed by atoms with Crippen molar-refractivity contribution in [3.8, 4) is 0 Å². The van der Waals surface area contributed by atoms with E-state index < -0.39 is 0 Å². The summed E-state index contributed by atoms with van der Waals surface area (Å²) in [5.41, 5.74) is 1.83. The molecular weight excluding hydrogens is 146 g/mol. The lowest BCUT2D eigenvalue weighted by atomic mass is 10.4. The highest BCUT2D eigenvalue weighted by Crippen LogP contribution is 2.06. The van der Waals surface area contributed by atoms with Crippen molar-refractivity contribution >= 4 is 17.6 Å². The van der Waals surface area contributed by atoms with Crippen molar-refractivity contribution in [3.05, 3.63) is 0 Å². The van der Waals surface area contributed by atoms with Gasteiger partial charge in [-0.2, -0.15) is 0 Å². The van der Waals surface area contributed by atoms with Crippen molar-refractivity contribution in [2.75, 3.05) is 13.1 Å². The third kappa shape index (κ3) is 4.82. The predicted octanol–water partition coefficient (Wildman–Crippen LogP) is 1.82. The fourth-order valence-electron chi connectivity index (χ4n) is 0.755. The molecule has 0 atom stereocenters. The summed E-state index contributed by atoms with van der Waals surface area (Å²) in [5.74, 6) is 0. The van der Waals surface area contributed by atoms with Crippen LogP contribution in [0.3, 0.4) is 0 Å². The summed E-state index contributed by atoms with van der Waals surface area (Å²) < 4.78 is 2.03. The van der Waals surface area contributed by atoms with Crippen LogP contribution in [0, 0.1) is 0 Å². The fraction of sp³-hybridized carbons (Fsp3) is 0.857. The van der Waals surface area contributed by atoms with Gasteiger partial charge in [0.1, 0.15) is 0 Å². The molecule has 0 heterocycles. The van der Waals surface area contributed by atoms with Crippen LogP contribution in [0.5, 0.6) is 0 Å². The molecule has 0 saturated carbocycles. The molecule has 0 saturated heterocycles. The summed E-state index contributed by atoms with van der Waals surface area (Å²) in [6.45, 7) is 6.17. The Kier molecular flexibility index (Phi) is 7.08. The van der Waals surface area contributed by atoms with Crippen LogP contribution in [-0.4, -0.2) is 23.0 Å². The number of hydrogen-bond donors (Lipinski definition) is 0. The summed E-state index contributed by atoms with van der Waals surface area (Å²) in [4.78, 5) is 9.96. The highest BCUT2D eigenvalue weighted by atomic mass is 32.2. The second kappa shape index (κ2) is 7.09. The van der Waals surface area contributed by atoms with E-state index in [0.717, 1.165) is 37.9 Å². The second-order valence-electron chi connectivity index (χ2n) is 2.10. The molecule has 0 aromatic carbocycles. The third-order valence-electron chi connectivity index (χ3n) is 1.11. The minimum atomic E-state index is 0.980. The lowest BCUT2D eigenvalue weighted by molar-refractivity contribution is 0.469. The van der Waals surface area contributed by atoms with Crippen LogP contribution in [0.15, 0.2) is 0 Å². The minimum Gasteiger partial charge on any atom is -0.276 e. The first-order chi connectivity index (χ1) is 4.85. The lowest BCUT2D eigenvalue weighted by Crippen LogP contribution is -2.17. The molecule has 0 aliphatic rings. The topological polar surface area (TPSA) is 20.3 Å². The molecule has 0 aromatic rings. The smallest absolute Gasteiger partial charge is 0.276 e. The van der Waals surface area contributed by atoms with Gasteiger partial charge in [-0.25, -0.2) is 4.31 Å². The monoisotopic (exact) mass is 160 g/mol. The summed E-state index contributed by atoms with van der Waals surface area (Å²) in [5, 5.41) is 0. The van der Waals surface area contributed by atoms with Crippen molar-refractivity contribution in [2.45, 2.75) is 26.7 Å². The van der Waals surface area contributed by atoms with Gasteiger partial charge in [0, 0.05) is 25.0 Å². The number of nitrogens with zero attached hydrogens (tertiary/aromatic N) is 1. The highest BCUT2D eigenvalue weighted by Gasteiger charge is 2.00. The average molecular weight is 160 g/mol. The van der Waals surface area contributed by atoms with Crippen LogP contribution in [-0.2, 0) is 4.79 Å². The van der Waals surface area contributed by atoms with E-state index in [0.29, 0.717) is 0 Å². The Hall–Kier alpha value is -0.0200. The maximum absolute atomic E-state index is 9.96. The predicted molar refractivity (Wildman–Crippen MR) is 45.4 cm³/mol. The van der Waals surface area contributed by atoms with Gasteiger partial charge < -0.3 is 0 Å². The van der Waals surface area contributed by atoms with Gasteiger partial charge in [0.15, 0.2) is 0 Å². The molecule has 0 unspecified atom stereocenters. The Labute approximate surface area is 67.1 Å². The normalized spacial score (nSPS) is 10.3. The molecule has 1 radical (unpaired) electrons. The van der Waals surface area contributed by atoms with Crippen LogP contribution >= 0.6 is 11.9 Å². The number of carbonyl (C=O) groups excluding carboxylic acids is 1. The summed E-state index contributed by atoms with van der Waals surface area (Å²) >= 11 is 1.15. The second-order valence-corrected chi connectivity index (χ2v) is 2.97. The molecule has 0 fully saturated rings. The largest absolute Gasteiger partial charge is 0.282 e. The van der Waals surface area contributed by atoms with Crippen LogP contribution in [0.25, 0.3) is 0 Å². The van der Waals surface area contributed by atoms with Crippen molar-refractivity contribution in [1.82, 2.24) is 4.31 Å². The Bertz CT molecular complexity index is 81.7. The maximum Gasteiger partial charge on any atom is 0.282 e. The Balaban J connectivity index is 3.38. The summed E-state index contributed by atoms with van der Waals surface area (Å²) in [7, 11) is 0. The number of rotatable bonds is 6. The molecule has 0 rings (SSSR count). The van der Waals surface area contributed by atoms with Gasteiger partial charge in [0.25, 0.3) is 5.62 Å². The van der Waals surface area contributed by atoms with Gasteiger partial charge >= 0.3 is 0 Å². The molecule has 0 aromatic heterocycles. The SMILES string of the molecule is CCCN(CCC)S[C]=O. The van der Waals surface area contributed by atoms with Gasteiger partial charge in [0.2, 0.25) is 0 Å². The van der Waals surface area contributed by atoms with Gasteiger partial charge in [-0.1, -0.05) is 13.8 Å². The molecule has 0 aliphatic heterocycles. The Morgan fingerprint density at radius 1 is 1.30 bits per heavy atom. The molecule has 59 valence electrons. The van der Waals surface area contributed by atoms with E-state index in [4.69, 9.17) is 0 Å². The Morgan fingerprint density at radius 2 is 1.80 bits per heavy atom. The van der Waals surface area contributed by atoms with Crippen LogP contribution in [0.4, 0.5) is 0 Å². The maximum atomic E-state index is 9.96. The van der Waals surface area contributed by atoms with E-state index in [1.165, 1.54) is 0 Å². The molecule has 0 N–H and O–H groups in total. The summed E-state index contributed by atoms with van der Waals surface area (Å²) in [6.07, 6.45) is 2.18. The molecule has 3 heteroatoms. The Morgan fingerprint density at radius 3 is 2.10 bits per heavy atom. The van der Waals surface area contributed by atoms with Crippen molar-refractivity contribution < 1.29 is 4.79 Å². The quantitative estimate of drug-likeness (QED) is 0.553. The van der Waals surface area contributed by atoms with Crippen molar-refractivity contribution in [2.24, 2.45) is 0 Å². The van der Waals surface area contributed by atoms with E-state index in [1.807, 2.05) is 9.92 Å². The molecular formula is C7H14NOS. The molecule has 0 bridgehead atoms. The van der Waals surface area contributed by atoms with E-state index >= 15 is 0 Å². The third-order valence-corrected chi connectivity index (χ3v) is 1.81. The van der Waals surface area contributed by atoms with Gasteiger partial charge in [-0.05, 0) is 12.8 Å². The van der Waals surface area contributed by atoms with Crippen LogP contribution < -0.4 is 0 Å². The first kappa shape index (κ1) is 9.98. The minimum absolute atomic E-state index is 0.980. The standard InChI is InChI=1S/C7H14NOS/c1-3-5-8(6-4-2)10-7-9/h3-6H2,1-2H3. The van der Waals surface area contributed by atoms with Gasteiger partial charge in [0.05, 0.1) is 0 Å². The molecule has 0 spiro atoms. The lowest BCUT2D eigenvalue weighted by Gasteiger charge is -2.14. The van der Waals surface area contributed by atoms with E-state index in [2.05, 4.69) is 13.8 Å². The zero-order valence-electron chi connectivity index (χ0n) is 6.59. The summed E-state index contributed by atoms with van der Waals surface area (Å²) in [6, 6.07) is 0. The number of hydrogen-bond acceptors (Lipinski definition) is 3. The zero-order valence-corrected chi connectivity index (χ0v) is 7.41. The molecule has 2 nitrogen and oxygen atoms in total. The van der Waals surface area contributed by atoms with Gasteiger partial charge in [-0.3, -0.25) is 4.79 Å². The van der Waals surface area contributed by atoms with Gasteiger partial charge in [-0.15, -0.1) is 0 Å². The molecule has 0 aliphatic carbocycles. The van der Waals surface area contributed by atoms with Crippen LogP contribution in [0.2, 0.25) is 0 Å². The van der Waals surface area contributed by atoms with Crippen molar-refractivity contribution in [3.63, 3.8) is 0 Å². The average Bonchev–Trinajstić information content (AvgIpc) is 1.90. The first-order valence-electron chi connectivity index (χ1n) is 3.64. The van der Waals surface area contributed by atoms with E-state index in [1.54, 1.807) is 0 Å². The van der Waals surface area contributed by atoms with Crippen LogP contribution in [0.1, 0.15) is 26.7 Å². The highest BCUT2D eigenvalue weighted by molar-refractivity contribution is 8.09.